The van der Waals surface area contributed by atoms with E-state index in [4.69, 9.17) is 16.3 Å². The number of ether oxygens (including phenoxy) is 1. The van der Waals surface area contributed by atoms with Crippen LogP contribution in [-0.2, 0) is 14.8 Å². The molecule has 2 aromatic carbocycles. The minimum Gasteiger partial charge on any atom is -0.492 e. The first-order valence-electron chi connectivity index (χ1n) is 7.56. The van der Waals surface area contributed by atoms with Gasteiger partial charge < -0.3 is 10.1 Å². The summed E-state index contributed by atoms with van der Waals surface area (Å²) >= 11 is 5.89. The van der Waals surface area contributed by atoms with Crippen molar-refractivity contribution < 1.29 is 17.9 Å². The second kappa shape index (κ2) is 7.76. The highest BCUT2D eigenvalue weighted by Gasteiger charge is 2.18. The molecule has 0 unspecified atom stereocenters. The van der Waals surface area contributed by atoms with Gasteiger partial charge in [0.25, 0.3) is 10.0 Å². The van der Waals surface area contributed by atoms with Crippen LogP contribution >= 0.6 is 11.6 Å². The fraction of sp³-hybridized carbons (Fsp3) is 0.235. The number of carbonyl (C=O) groups is 1. The molecule has 0 saturated heterocycles. The Morgan fingerprint density at radius 1 is 1.16 bits per heavy atom. The topological polar surface area (TPSA) is 84.5 Å². The van der Waals surface area contributed by atoms with Crippen LogP contribution in [0.2, 0.25) is 5.02 Å². The van der Waals surface area contributed by atoms with Gasteiger partial charge >= 0.3 is 0 Å². The van der Waals surface area contributed by atoms with Crippen LogP contribution in [0, 0.1) is 6.92 Å². The third kappa shape index (κ3) is 4.87. The second-order valence-corrected chi connectivity index (χ2v) is 7.46. The van der Waals surface area contributed by atoms with Gasteiger partial charge in [0.05, 0.1) is 22.9 Å². The first kappa shape index (κ1) is 19.1. The fourth-order valence-corrected chi connectivity index (χ4v) is 3.57. The number of nitrogens with one attached hydrogen (secondary N) is 2. The number of hydrogen-bond donors (Lipinski definition) is 2. The maximum atomic E-state index is 12.6. The number of aryl methyl sites for hydroxylation is 1. The van der Waals surface area contributed by atoms with Crippen molar-refractivity contribution in [3.05, 3.63) is 47.0 Å². The molecule has 2 N–H and O–H groups in total. The molecule has 2 aromatic rings. The molecule has 0 bridgehead atoms. The van der Waals surface area contributed by atoms with Gasteiger partial charge in [-0.3, -0.25) is 9.52 Å². The average Bonchev–Trinajstić information content (AvgIpc) is 2.51. The van der Waals surface area contributed by atoms with Crippen molar-refractivity contribution in [1.82, 2.24) is 0 Å². The number of benzene rings is 2. The normalized spacial score (nSPS) is 11.0. The van der Waals surface area contributed by atoms with E-state index in [1.165, 1.54) is 25.1 Å². The predicted molar refractivity (Wildman–Crippen MR) is 98.9 cm³/mol. The molecule has 6 nitrogen and oxygen atoms in total. The van der Waals surface area contributed by atoms with Gasteiger partial charge in [-0.05, 0) is 55.8 Å². The molecule has 0 fully saturated rings. The van der Waals surface area contributed by atoms with E-state index in [0.717, 1.165) is 0 Å². The van der Waals surface area contributed by atoms with E-state index in [9.17, 15) is 13.2 Å². The second-order valence-electron chi connectivity index (χ2n) is 5.34. The van der Waals surface area contributed by atoms with Gasteiger partial charge in [-0.25, -0.2) is 8.42 Å². The smallest absolute Gasteiger partial charge is 0.261 e. The van der Waals surface area contributed by atoms with Crippen LogP contribution in [0.4, 0.5) is 11.4 Å². The van der Waals surface area contributed by atoms with E-state index >= 15 is 0 Å². The highest BCUT2D eigenvalue weighted by atomic mass is 35.5. The van der Waals surface area contributed by atoms with Gasteiger partial charge in [-0.1, -0.05) is 11.6 Å². The zero-order chi connectivity index (χ0) is 18.6. The van der Waals surface area contributed by atoms with E-state index in [1.807, 2.05) is 0 Å². The summed E-state index contributed by atoms with van der Waals surface area (Å²) in [7, 11) is -3.84. The highest BCUT2D eigenvalue weighted by molar-refractivity contribution is 7.92. The van der Waals surface area contributed by atoms with Gasteiger partial charge in [-0.15, -0.1) is 0 Å². The lowest BCUT2D eigenvalue weighted by Gasteiger charge is -2.14. The van der Waals surface area contributed by atoms with Crippen molar-refractivity contribution in [3.8, 4) is 5.75 Å². The third-order valence-electron chi connectivity index (χ3n) is 3.30. The maximum Gasteiger partial charge on any atom is 0.261 e. The van der Waals surface area contributed by atoms with Crippen LogP contribution in [0.5, 0.6) is 5.75 Å². The van der Waals surface area contributed by atoms with Crippen LogP contribution in [0.3, 0.4) is 0 Å². The summed E-state index contributed by atoms with van der Waals surface area (Å²) in [5.41, 5.74) is 1.42. The quantitative estimate of drug-likeness (QED) is 0.795. The third-order valence-corrected chi connectivity index (χ3v) is 4.90. The minimum absolute atomic E-state index is 0.00838. The molecule has 0 radical (unpaired) electrons. The minimum atomic E-state index is -3.84. The number of carbonyl (C=O) groups excluding carboxylic acids is 1. The van der Waals surface area contributed by atoms with Crippen molar-refractivity contribution in [3.63, 3.8) is 0 Å². The highest BCUT2D eigenvalue weighted by Crippen LogP contribution is 2.29. The Labute approximate surface area is 152 Å². The van der Waals surface area contributed by atoms with Crippen molar-refractivity contribution in [2.45, 2.75) is 25.7 Å². The van der Waals surface area contributed by atoms with Crippen molar-refractivity contribution >= 4 is 38.9 Å². The summed E-state index contributed by atoms with van der Waals surface area (Å²) in [6.07, 6.45) is 0. The number of halogens is 1. The standard InChI is InChI=1S/C17H19ClN2O4S/c1-4-24-17-8-6-14(10-16(17)19-12(3)21)25(22,23)20-15-7-5-13(18)9-11(15)2/h5-10,20H,4H2,1-3H3,(H,19,21). The Morgan fingerprint density at radius 3 is 2.48 bits per heavy atom. The Balaban J connectivity index is 2.39. The zero-order valence-electron chi connectivity index (χ0n) is 14.1. The molecule has 0 spiro atoms. The first-order chi connectivity index (χ1) is 11.7. The monoisotopic (exact) mass is 382 g/mol. The van der Waals surface area contributed by atoms with Gasteiger partial charge in [0.15, 0.2) is 0 Å². The number of anilines is 2. The molecule has 25 heavy (non-hydrogen) atoms. The molecule has 0 heterocycles. The molecular formula is C17H19ClN2O4S. The van der Waals surface area contributed by atoms with E-state index in [0.29, 0.717) is 34.3 Å². The molecule has 0 atom stereocenters. The summed E-state index contributed by atoms with van der Waals surface area (Å²) in [5, 5.41) is 3.10. The lowest BCUT2D eigenvalue weighted by atomic mass is 10.2. The van der Waals surface area contributed by atoms with Gasteiger partial charge in [0, 0.05) is 11.9 Å². The van der Waals surface area contributed by atoms with E-state index in [2.05, 4.69) is 10.0 Å². The van der Waals surface area contributed by atoms with Crippen molar-refractivity contribution in [2.24, 2.45) is 0 Å². The Morgan fingerprint density at radius 2 is 1.88 bits per heavy atom. The molecule has 0 saturated carbocycles. The van der Waals surface area contributed by atoms with E-state index in [1.54, 1.807) is 32.0 Å². The summed E-state index contributed by atoms with van der Waals surface area (Å²) in [4.78, 5) is 11.4. The van der Waals surface area contributed by atoms with Crippen molar-refractivity contribution in [2.75, 3.05) is 16.6 Å². The number of rotatable bonds is 6. The summed E-state index contributed by atoms with van der Waals surface area (Å²) in [6.45, 7) is 5.28. The lowest BCUT2D eigenvalue weighted by Crippen LogP contribution is -2.15. The molecule has 0 aliphatic carbocycles. The average molecular weight is 383 g/mol. The molecule has 8 heteroatoms. The predicted octanol–water partition coefficient (Wildman–Crippen LogP) is 3.81. The van der Waals surface area contributed by atoms with Crippen LogP contribution in [0.15, 0.2) is 41.3 Å². The van der Waals surface area contributed by atoms with Gasteiger partial charge in [0.1, 0.15) is 5.75 Å². The molecule has 0 aliphatic rings. The molecule has 0 aromatic heterocycles. The van der Waals surface area contributed by atoms with E-state index < -0.39 is 10.0 Å². The molecular weight excluding hydrogens is 364 g/mol. The number of amides is 1. The van der Waals surface area contributed by atoms with Gasteiger partial charge in [-0.2, -0.15) is 0 Å². The van der Waals surface area contributed by atoms with Crippen LogP contribution in [0.25, 0.3) is 0 Å². The fourth-order valence-electron chi connectivity index (χ4n) is 2.19. The molecule has 2 rings (SSSR count). The van der Waals surface area contributed by atoms with Crippen LogP contribution < -0.4 is 14.8 Å². The Kier molecular flexibility index (Phi) is 5.92. The number of sulfonamides is 1. The van der Waals surface area contributed by atoms with E-state index in [-0.39, 0.29) is 10.8 Å². The van der Waals surface area contributed by atoms with Crippen LogP contribution in [-0.4, -0.2) is 20.9 Å². The first-order valence-corrected chi connectivity index (χ1v) is 9.42. The number of hydrogen-bond acceptors (Lipinski definition) is 4. The largest absolute Gasteiger partial charge is 0.492 e. The van der Waals surface area contributed by atoms with Crippen molar-refractivity contribution in [1.29, 1.82) is 0 Å². The summed E-state index contributed by atoms with van der Waals surface area (Å²) < 4.78 is 33.2. The summed E-state index contributed by atoms with van der Waals surface area (Å²) in [5.74, 6) is 0.0799. The zero-order valence-corrected chi connectivity index (χ0v) is 15.7. The molecule has 1 amide bonds. The van der Waals surface area contributed by atoms with Gasteiger partial charge in [0.2, 0.25) is 5.91 Å². The maximum absolute atomic E-state index is 12.6. The molecule has 134 valence electrons. The lowest BCUT2D eigenvalue weighted by molar-refractivity contribution is -0.114. The summed E-state index contributed by atoms with van der Waals surface area (Å²) in [6, 6.07) is 9.16. The van der Waals surface area contributed by atoms with Crippen LogP contribution in [0.1, 0.15) is 19.4 Å². The molecule has 0 aliphatic heterocycles. The Hall–Kier alpha value is -2.25. The Bertz CT molecular complexity index is 898. The SMILES string of the molecule is CCOc1ccc(S(=O)(=O)Nc2ccc(Cl)cc2C)cc1NC(C)=O.